The van der Waals surface area contributed by atoms with Crippen molar-refractivity contribution in [2.24, 2.45) is 0 Å². The molecule has 0 aromatic heterocycles. The number of methoxy groups -OCH3 is 1. The first-order valence-corrected chi connectivity index (χ1v) is 5.60. The van der Waals surface area contributed by atoms with Gasteiger partial charge < -0.3 is 9.64 Å². The number of carbonyl (C=O) groups excluding carboxylic acids is 2. The molecule has 1 saturated heterocycles. The fourth-order valence-electron chi connectivity index (χ4n) is 2.09. The second kappa shape index (κ2) is 4.99. The number of carbonyl (C=O) groups is 2. The van der Waals surface area contributed by atoms with E-state index in [-0.39, 0.29) is 24.3 Å². The second-order valence-electron chi connectivity index (χ2n) is 4.16. The van der Waals surface area contributed by atoms with Gasteiger partial charge in [0.1, 0.15) is 6.54 Å². The molecule has 1 aromatic carbocycles. The van der Waals surface area contributed by atoms with Crippen LogP contribution in [0.2, 0.25) is 0 Å². The Bertz CT molecular complexity index is 416. The van der Waals surface area contributed by atoms with Crippen LogP contribution in [0.1, 0.15) is 17.9 Å². The molecule has 1 aliphatic rings. The summed E-state index contributed by atoms with van der Waals surface area (Å²) in [5.41, 5.74) is 1.15. The molecule has 0 saturated carbocycles. The SMILES string of the molecule is COC(=O)CN1C[C@@H](c2ccccc2)CC1=O. The summed E-state index contributed by atoms with van der Waals surface area (Å²) in [6.07, 6.45) is 0.473. The highest BCUT2D eigenvalue weighted by molar-refractivity contribution is 5.84. The zero-order valence-corrected chi connectivity index (χ0v) is 9.76. The summed E-state index contributed by atoms with van der Waals surface area (Å²) in [6.45, 7) is 0.649. The molecule has 1 aromatic rings. The molecule has 1 aliphatic heterocycles. The number of rotatable bonds is 3. The van der Waals surface area contributed by atoms with Crippen molar-refractivity contribution in [3.63, 3.8) is 0 Å². The largest absolute Gasteiger partial charge is 0.468 e. The summed E-state index contributed by atoms with van der Waals surface area (Å²) in [7, 11) is 1.33. The molecule has 1 atom stereocenters. The smallest absolute Gasteiger partial charge is 0.325 e. The van der Waals surface area contributed by atoms with Crippen LogP contribution in [0.25, 0.3) is 0 Å². The zero-order valence-electron chi connectivity index (χ0n) is 9.76. The predicted molar refractivity (Wildman–Crippen MR) is 62.4 cm³/mol. The molecular weight excluding hydrogens is 218 g/mol. The van der Waals surface area contributed by atoms with Gasteiger partial charge in [0, 0.05) is 18.9 Å². The lowest BCUT2D eigenvalue weighted by Crippen LogP contribution is -2.31. The van der Waals surface area contributed by atoms with Gasteiger partial charge in [0.2, 0.25) is 5.91 Å². The molecule has 2 rings (SSSR count). The molecule has 4 nitrogen and oxygen atoms in total. The number of nitrogens with zero attached hydrogens (tertiary/aromatic N) is 1. The van der Waals surface area contributed by atoms with Crippen molar-refractivity contribution >= 4 is 11.9 Å². The van der Waals surface area contributed by atoms with Gasteiger partial charge in [-0.2, -0.15) is 0 Å². The average Bonchev–Trinajstić information content (AvgIpc) is 2.72. The first-order chi connectivity index (χ1) is 8.20. The fourth-order valence-corrected chi connectivity index (χ4v) is 2.09. The van der Waals surface area contributed by atoms with Crippen molar-refractivity contribution in [2.45, 2.75) is 12.3 Å². The summed E-state index contributed by atoms with van der Waals surface area (Å²) < 4.78 is 4.57. The Morgan fingerprint density at radius 2 is 2.12 bits per heavy atom. The molecule has 0 radical (unpaired) electrons. The average molecular weight is 233 g/mol. The van der Waals surface area contributed by atoms with Gasteiger partial charge in [-0.3, -0.25) is 9.59 Å². The maximum atomic E-state index is 11.7. The Labute approximate surface area is 100 Å². The van der Waals surface area contributed by atoms with E-state index < -0.39 is 0 Å². The Morgan fingerprint density at radius 1 is 1.41 bits per heavy atom. The van der Waals surface area contributed by atoms with Gasteiger partial charge >= 0.3 is 5.97 Å². The molecular formula is C13H15NO3. The topological polar surface area (TPSA) is 46.6 Å². The quantitative estimate of drug-likeness (QED) is 0.736. The minimum Gasteiger partial charge on any atom is -0.468 e. The van der Waals surface area contributed by atoms with Gasteiger partial charge in [-0.05, 0) is 5.56 Å². The number of likely N-dealkylation sites (tertiary alicyclic amines) is 1. The van der Waals surface area contributed by atoms with Crippen LogP contribution in [0, 0.1) is 0 Å². The van der Waals surface area contributed by atoms with Crippen molar-refractivity contribution in [2.75, 3.05) is 20.2 Å². The summed E-state index contributed by atoms with van der Waals surface area (Å²) in [5, 5.41) is 0. The molecule has 0 bridgehead atoms. The third-order valence-electron chi connectivity index (χ3n) is 3.03. The van der Waals surface area contributed by atoms with E-state index in [1.54, 1.807) is 4.90 Å². The third-order valence-corrected chi connectivity index (χ3v) is 3.03. The lowest BCUT2D eigenvalue weighted by molar-refractivity contribution is -0.145. The molecule has 0 unspecified atom stereocenters. The number of hydrogen-bond donors (Lipinski definition) is 0. The highest BCUT2D eigenvalue weighted by Gasteiger charge is 2.31. The highest BCUT2D eigenvalue weighted by atomic mass is 16.5. The lowest BCUT2D eigenvalue weighted by Gasteiger charge is -2.14. The summed E-state index contributed by atoms with van der Waals surface area (Å²) >= 11 is 0. The molecule has 90 valence electrons. The van der Waals surface area contributed by atoms with E-state index >= 15 is 0 Å². The monoisotopic (exact) mass is 233 g/mol. The van der Waals surface area contributed by atoms with Crippen LogP contribution in [0.15, 0.2) is 30.3 Å². The Balaban J connectivity index is 2.02. The molecule has 0 spiro atoms. The van der Waals surface area contributed by atoms with Gasteiger partial charge in [0.05, 0.1) is 7.11 Å². The Kier molecular flexibility index (Phi) is 3.42. The van der Waals surface area contributed by atoms with Crippen LogP contribution in [0.4, 0.5) is 0 Å². The Morgan fingerprint density at radius 3 is 2.76 bits per heavy atom. The van der Waals surface area contributed by atoms with Gasteiger partial charge in [0.25, 0.3) is 0 Å². The first kappa shape index (κ1) is 11.6. The van der Waals surface area contributed by atoms with Gasteiger partial charge in [-0.1, -0.05) is 30.3 Å². The Hall–Kier alpha value is -1.84. The van der Waals surface area contributed by atoms with Crippen molar-refractivity contribution in [3.8, 4) is 0 Å². The zero-order chi connectivity index (χ0) is 12.3. The molecule has 1 heterocycles. The number of hydrogen-bond acceptors (Lipinski definition) is 3. The van der Waals surface area contributed by atoms with Gasteiger partial charge in [0.15, 0.2) is 0 Å². The molecule has 0 N–H and O–H groups in total. The molecule has 4 heteroatoms. The van der Waals surface area contributed by atoms with Crippen LogP contribution >= 0.6 is 0 Å². The maximum absolute atomic E-state index is 11.7. The summed E-state index contributed by atoms with van der Waals surface area (Å²) in [5.74, 6) is -0.162. The van der Waals surface area contributed by atoms with E-state index in [0.29, 0.717) is 13.0 Å². The van der Waals surface area contributed by atoms with E-state index in [0.717, 1.165) is 5.56 Å². The van der Waals surface area contributed by atoms with E-state index in [2.05, 4.69) is 4.74 Å². The van der Waals surface area contributed by atoms with Gasteiger partial charge in [-0.25, -0.2) is 0 Å². The lowest BCUT2D eigenvalue weighted by atomic mass is 9.99. The standard InChI is InChI=1S/C13H15NO3/c1-17-13(16)9-14-8-11(7-12(14)15)10-5-3-2-4-6-10/h2-6,11H,7-9H2,1H3/t11-/m0/s1. The number of esters is 1. The van der Waals surface area contributed by atoms with Crippen LogP contribution < -0.4 is 0 Å². The van der Waals surface area contributed by atoms with Crippen molar-refractivity contribution in [1.29, 1.82) is 0 Å². The van der Waals surface area contributed by atoms with Crippen LogP contribution in [0.3, 0.4) is 0 Å². The van der Waals surface area contributed by atoms with Crippen molar-refractivity contribution < 1.29 is 14.3 Å². The normalized spacial score (nSPS) is 19.5. The van der Waals surface area contributed by atoms with Crippen molar-refractivity contribution in [3.05, 3.63) is 35.9 Å². The van der Waals surface area contributed by atoms with E-state index in [9.17, 15) is 9.59 Å². The van der Waals surface area contributed by atoms with Crippen molar-refractivity contribution in [1.82, 2.24) is 4.90 Å². The summed E-state index contributed by atoms with van der Waals surface area (Å²) in [4.78, 5) is 24.4. The highest BCUT2D eigenvalue weighted by Crippen LogP contribution is 2.27. The van der Waals surface area contributed by atoms with E-state index in [4.69, 9.17) is 0 Å². The first-order valence-electron chi connectivity index (χ1n) is 5.60. The minimum absolute atomic E-state index is 0.0178. The van der Waals surface area contributed by atoms with Crippen LogP contribution in [0.5, 0.6) is 0 Å². The van der Waals surface area contributed by atoms with E-state index in [1.165, 1.54) is 7.11 Å². The van der Waals surface area contributed by atoms with Gasteiger partial charge in [-0.15, -0.1) is 0 Å². The minimum atomic E-state index is -0.368. The van der Waals surface area contributed by atoms with Crippen LogP contribution in [-0.4, -0.2) is 37.0 Å². The second-order valence-corrected chi connectivity index (χ2v) is 4.16. The molecule has 0 aliphatic carbocycles. The van der Waals surface area contributed by atoms with Crippen LogP contribution in [-0.2, 0) is 14.3 Å². The third kappa shape index (κ3) is 2.64. The molecule has 1 fully saturated rings. The number of amides is 1. The van der Waals surface area contributed by atoms with E-state index in [1.807, 2.05) is 30.3 Å². The predicted octanol–water partition coefficient (Wildman–Crippen LogP) is 1.18. The maximum Gasteiger partial charge on any atom is 0.325 e. The number of benzene rings is 1. The number of ether oxygens (including phenoxy) is 1. The summed E-state index contributed by atoms with van der Waals surface area (Å²) in [6, 6.07) is 9.90. The fraction of sp³-hybridized carbons (Fsp3) is 0.385. The molecule has 1 amide bonds. The molecule has 17 heavy (non-hydrogen) atoms.